The van der Waals surface area contributed by atoms with Gasteiger partial charge in [0.05, 0.1) is 26.9 Å². The Morgan fingerprint density at radius 3 is 2.47 bits per heavy atom. The molecule has 0 unspecified atom stereocenters. The second-order valence-electron chi connectivity index (χ2n) is 5.82. The number of rotatable bonds is 6. The van der Waals surface area contributed by atoms with Gasteiger partial charge in [-0.1, -0.05) is 12.1 Å². The lowest BCUT2D eigenvalue weighted by Gasteiger charge is -2.10. The molecular weight excluding hydrogens is 244 g/mol. The highest BCUT2D eigenvalue weighted by Gasteiger charge is 2.54. The molecular formula is C15H20O4. The zero-order valence-corrected chi connectivity index (χ0v) is 11.6. The molecule has 1 aromatic carbocycles. The van der Waals surface area contributed by atoms with E-state index in [9.17, 15) is 0 Å². The van der Waals surface area contributed by atoms with Crippen molar-refractivity contribution in [1.29, 1.82) is 0 Å². The van der Waals surface area contributed by atoms with Crippen LogP contribution in [0.1, 0.15) is 25.5 Å². The van der Waals surface area contributed by atoms with Crippen molar-refractivity contribution in [2.75, 3.05) is 26.9 Å². The Bertz CT molecular complexity index is 452. The van der Waals surface area contributed by atoms with Crippen LogP contribution in [0.3, 0.4) is 0 Å². The minimum atomic E-state index is -0.208. The molecule has 0 bridgehead atoms. The maximum atomic E-state index is 5.79. The second-order valence-corrected chi connectivity index (χ2v) is 5.82. The van der Waals surface area contributed by atoms with Crippen molar-refractivity contribution < 1.29 is 18.9 Å². The minimum Gasteiger partial charge on any atom is -0.497 e. The molecule has 4 nitrogen and oxygen atoms in total. The van der Waals surface area contributed by atoms with E-state index in [1.165, 1.54) is 5.56 Å². The van der Waals surface area contributed by atoms with Crippen LogP contribution in [-0.4, -0.2) is 38.1 Å². The molecule has 0 spiro atoms. The average molecular weight is 264 g/mol. The van der Waals surface area contributed by atoms with Gasteiger partial charge in [-0.25, -0.2) is 0 Å². The smallest absolute Gasteiger partial charge is 0.120 e. The van der Waals surface area contributed by atoms with Crippen molar-refractivity contribution in [2.45, 2.75) is 31.2 Å². The first-order chi connectivity index (χ1) is 9.05. The van der Waals surface area contributed by atoms with Gasteiger partial charge >= 0.3 is 0 Å². The van der Waals surface area contributed by atoms with E-state index in [0.717, 1.165) is 12.4 Å². The largest absolute Gasteiger partial charge is 0.497 e. The lowest BCUT2D eigenvalue weighted by Crippen LogP contribution is -2.22. The number of hydrogen-bond acceptors (Lipinski definition) is 4. The van der Waals surface area contributed by atoms with E-state index < -0.39 is 0 Å². The summed E-state index contributed by atoms with van der Waals surface area (Å²) in [6.07, 6.45) is 0.117. The molecule has 0 aromatic heterocycles. The summed E-state index contributed by atoms with van der Waals surface area (Å²) < 4.78 is 21.9. The normalized spacial score (nSPS) is 36.1. The molecule has 0 saturated carbocycles. The minimum absolute atomic E-state index is 0.0547. The van der Waals surface area contributed by atoms with Gasteiger partial charge in [-0.2, -0.15) is 0 Å². The first-order valence-electron chi connectivity index (χ1n) is 6.58. The van der Waals surface area contributed by atoms with E-state index in [-0.39, 0.29) is 17.3 Å². The summed E-state index contributed by atoms with van der Waals surface area (Å²) >= 11 is 0. The van der Waals surface area contributed by atoms with Gasteiger partial charge in [-0.15, -0.1) is 0 Å². The van der Waals surface area contributed by atoms with Crippen LogP contribution in [0, 0.1) is 0 Å². The van der Waals surface area contributed by atoms with Crippen LogP contribution in [0.4, 0.5) is 0 Å². The molecule has 2 heterocycles. The van der Waals surface area contributed by atoms with Crippen LogP contribution >= 0.6 is 0 Å². The Morgan fingerprint density at radius 2 is 1.89 bits per heavy atom. The van der Waals surface area contributed by atoms with Crippen LogP contribution in [0.2, 0.25) is 0 Å². The van der Waals surface area contributed by atoms with Crippen LogP contribution in [-0.2, 0) is 14.2 Å². The highest BCUT2D eigenvalue weighted by molar-refractivity contribution is 5.32. The number of benzene rings is 1. The molecule has 1 aromatic rings. The number of ether oxygens (including phenoxy) is 4. The van der Waals surface area contributed by atoms with Crippen molar-refractivity contribution in [3.63, 3.8) is 0 Å². The van der Waals surface area contributed by atoms with Gasteiger partial charge < -0.3 is 18.9 Å². The molecule has 3 atom stereocenters. The zero-order valence-electron chi connectivity index (χ0n) is 11.6. The van der Waals surface area contributed by atoms with E-state index in [1.807, 2.05) is 24.3 Å². The first-order valence-corrected chi connectivity index (χ1v) is 6.58. The fourth-order valence-corrected chi connectivity index (χ4v) is 2.22. The zero-order chi connectivity index (χ0) is 13.5. The predicted octanol–water partition coefficient (Wildman–Crippen LogP) is 2.33. The van der Waals surface area contributed by atoms with Crippen LogP contribution in [0.5, 0.6) is 5.75 Å². The standard InChI is InChI=1S/C15H20O4/c1-14(9-18-14)8-17-10-15(2)13(19-15)11-4-6-12(16-3)7-5-11/h4-7,13H,8-10H2,1-3H3/t13-,14+,15-/m1/s1. The van der Waals surface area contributed by atoms with Gasteiger partial charge in [0.2, 0.25) is 0 Å². The van der Waals surface area contributed by atoms with Crippen molar-refractivity contribution >= 4 is 0 Å². The quantitative estimate of drug-likeness (QED) is 0.740. The molecule has 0 radical (unpaired) electrons. The molecule has 2 saturated heterocycles. The molecule has 19 heavy (non-hydrogen) atoms. The molecule has 2 aliphatic rings. The van der Waals surface area contributed by atoms with Crippen LogP contribution in [0.15, 0.2) is 24.3 Å². The third-order valence-electron chi connectivity index (χ3n) is 3.74. The summed E-state index contributed by atoms with van der Waals surface area (Å²) in [6.45, 7) is 6.18. The highest BCUT2D eigenvalue weighted by Crippen LogP contribution is 2.49. The summed E-state index contributed by atoms with van der Waals surface area (Å²) in [6, 6.07) is 7.99. The van der Waals surface area contributed by atoms with Crippen molar-refractivity contribution in [3.05, 3.63) is 29.8 Å². The van der Waals surface area contributed by atoms with Gasteiger partial charge in [0.25, 0.3) is 0 Å². The molecule has 0 amide bonds. The number of hydrogen-bond donors (Lipinski definition) is 0. The lowest BCUT2D eigenvalue weighted by molar-refractivity contribution is 0.0520. The number of methoxy groups -OCH3 is 1. The molecule has 0 N–H and O–H groups in total. The van der Waals surface area contributed by atoms with Gasteiger partial charge in [-0.05, 0) is 31.5 Å². The average Bonchev–Trinajstić information content (AvgIpc) is 3.29. The Hall–Kier alpha value is -1.10. The summed E-state index contributed by atoms with van der Waals surface area (Å²) in [5, 5.41) is 0. The van der Waals surface area contributed by atoms with Gasteiger partial charge in [0.15, 0.2) is 0 Å². The summed E-state index contributed by atoms with van der Waals surface area (Å²) in [7, 11) is 1.67. The first kappa shape index (κ1) is 12.9. The Kier molecular flexibility index (Phi) is 3.04. The molecule has 2 fully saturated rings. The van der Waals surface area contributed by atoms with Gasteiger partial charge in [0.1, 0.15) is 23.1 Å². The van der Waals surface area contributed by atoms with Crippen molar-refractivity contribution in [2.24, 2.45) is 0 Å². The predicted molar refractivity (Wildman–Crippen MR) is 70.4 cm³/mol. The summed E-state index contributed by atoms with van der Waals surface area (Å²) in [4.78, 5) is 0. The lowest BCUT2D eigenvalue weighted by atomic mass is 10.0. The topological polar surface area (TPSA) is 43.5 Å². The Balaban J connectivity index is 1.52. The number of epoxide rings is 2. The maximum Gasteiger partial charge on any atom is 0.120 e. The summed E-state index contributed by atoms with van der Waals surface area (Å²) in [5.41, 5.74) is 0.904. The Labute approximate surface area is 113 Å². The molecule has 0 aliphatic carbocycles. The van der Waals surface area contributed by atoms with E-state index >= 15 is 0 Å². The van der Waals surface area contributed by atoms with E-state index in [1.54, 1.807) is 7.11 Å². The van der Waals surface area contributed by atoms with E-state index in [4.69, 9.17) is 18.9 Å². The van der Waals surface area contributed by atoms with E-state index in [2.05, 4.69) is 13.8 Å². The van der Waals surface area contributed by atoms with Crippen molar-refractivity contribution in [1.82, 2.24) is 0 Å². The maximum absolute atomic E-state index is 5.79. The summed E-state index contributed by atoms with van der Waals surface area (Å²) in [5.74, 6) is 0.862. The highest BCUT2D eigenvalue weighted by atomic mass is 16.6. The monoisotopic (exact) mass is 264 g/mol. The fourth-order valence-electron chi connectivity index (χ4n) is 2.22. The Morgan fingerprint density at radius 1 is 1.21 bits per heavy atom. The third-order valence-corrected chi connectivity index (χ3v) is 3.74. The van der Waals surface area contributed by atoms with Crippen LogP contribution < -0.4 is 4.74 Å². The fraction of sp³-hybridized carbons (Fsp3) is 0.600. The molecule has 2 aliphatic heterocycles. The molecule has 3 rings (SSSR count). The van der Waals surface area contributed by atoms with Gasteiger partial charge in [0, 0.05) is 0 Å². The van der Waals surface area contributed by atoms with Crippen LogP contribution in [0.25, 0.3) is 0 Å². The second kappa shape index (κ2) is 4.47. The van der Waals surface area contributed by atoms with Gasteiger partial charge in [-0.3, -0.25) is 0 Å². The molecule has 104 valence electrons. The third kappa shape index (κ3) is 2.76. The van der Waals surface area contributed by atoms with Crippen molar-refractivity contribution in [3.8, 4) is 5.75 Å². The van der Waals surface area contributed by atoms with E-state index in [0.29, 0.717) is 13.2 Å². The SMILES string of the molecule is COc1ccc([C@H]2O[C@]2(C)COC[C@@]2(C)CO2)cc1. The molecule has 4 heteroatoms.